The maximum atomic E-state index is 13.1. The van der Waals surface area contributed by atoms with Crippen molar-refractivity contribution in [2.75, 3.05) is 39.6 Å². The molecule has 17 nitrogen and oxygen atoms in total. The van der Waals surface area contributed by atoms with Crippen LogP contribution in [0, 0.1) is 0 Å². The average molecular weight is 1470 g/mol. The summed E-state index contributed by atoms with van der Waals surface area (Å²) in [6, 6.07) is 0. The molecule has 3 N–H and O–H groups in total. The Bertz CT molecular complexity index is 2410. The van der Waals surface area contributed by atoms with E-state index in [-0.39, 0.29) is 25.7 Å². The van der Waals surface area contributed by atoms with Crippen LogP contribution in [0.4, 0.5) is 0 Å². The highest BCUT2D eigenvalue weighted by molar-refractivity contribution is 7.47. The largest absolute Gasteiger partial charge is 0.472 e. The molecule has 0 aliphatic carbocycles. The monoisotopic (exact) mass is 1470 g/mol. The molecule has 0 spiro atoms. The van der Waals surface area contributed by atoms with Crippen LogP contribution in [0.2, 0.25) is 0 Å². The van der Waals surface area contributed by atoms with Crippen LogP contribution in [0.5, 0.6) is 0 Å². The predicted molar refractivity (Wildman–Crippen MR) is 418 cm³/mol. The highest BCUT2D eigenvalue weighted by Crippen LogP contribution is 2.45. The van der Waals surface area contributed by atoms with Crippen molar-refractivity contribution in [1.29, 1.82) is 0 Å². The summed E-state index contributed by atoms with van der Waals surface area (Å²) < 4.78 is 68.6. The average Bonchev–Trinajstić information content (AvgIpc) is 0.923. The molecule has 0 amide bonds. The number of aliphatic hydroxyl groups is 1. The normalized spacial score (nSPS) is 14.5. The molecule has 0 saturated carbocycles. The number of phosphoric ester groups is 2. The molecular weight excluding hydrogens is 1330 g/mol. The lowest BCUT2D eigenvalue weighted by molar-refractivity contribution is -0.161. The molecule has 0 saturated heterocycles. The minimum absolute atomic E-state index is 0.0609. The number of aliphatic hydroxyl groups excluding tert-OH is 1. The molecule has 102 heavy (non-hydrogen) atoms. The Labute approximate surface area is 619 Å². The zero-order valence-corrected chi connectivity index (χ0v) is 65.8. The number of unbranched alkanes of at least 4 members (excludes halogenated alkanes) is 28. The molecule has 19 heteroatoms. The first-order chi connectivity index (χ1) is 49.7. The smallest absolute Gasteiger partial charge is 0.462 e. The number of phosphoric acid groups is 2. The molecule has 0 fully saturated rings. The zero-order chi connectivity index (χ0) is 74.6. The van der Waals surface area contributed by atoms with Gasteiger partial charge in [-0.1, -0.05) is 265 Å². The van der Waals surface area contributed by atoms with Gasteiger partial charge in [-0.2, -0.15) is 0 Å². The maximum Gasteiger partial charge on any atom is 0.472 e. The van der Waals surface area contributed by atoms with Gasteiger partial charge in [0.25, 0.3) is 0 Å². The molecule has 5 atom stereocenters. The first-order valence-electron chi connectivity index (χ1n) is 39.8. The van der Waals surface area contributed by atoms with Crippen LogP contribution >= 0.6 is 15.6 Å². The third kappa shape index (κ3) is 73.8. The molecule has 0 rings (SSSR count). The van der Waals surface area contributed by atoms with E-state index in [9.17, 15) is 43.2 Å². The Balaban J connectivity index is 5.39. The van der Waals surface area contributed by atoms with Gasteiger partial charge in [0.15, 0.2) is 12.2 Å². The molecule has 0 heterocycles. The lowest BCUT2D eigenvalue weighted by atomic mass is 10.1. The van der Waals surface area contributed by atoms with Gasteiger partial charge in [-0.05, 0) is 154 Å². The van der Waals surface area contributed by atoms with E-state index in [4.69, 9.17) is 37.0 Å². The van der Waals surface area contributed by atoms with Crippen molar-refractivity contribution >= 4 is 39.5 Å². The number of hydrogen-bond acceptors (Lipinski definition) is 15. The summed E-state index contributed by atoms with van der Waals surface area (Å²) in [5.74, 6) is -2.23. The second-order valence-electron chi connectivity index (χ2n) is 26.2. The number of rotatable bonds is 74. The topological polar surface area (TPSA) is 237 Å². The summed E-state index contributed by atoms with van der Waals surface area (Å²) >= 11 is 0. The van der Waals surface area contributed by atoms with Crippen LogP contribution in [0.15, 0.2) is 122 Å². The summed E-state index contributed by atoms with van der Waals surface area (Å²) in [4.78, 5) is 73.0. The minimum atomic E-state index is -4.99. The molecule has 0 aliphatic rings. The second-order valence-corrected chi connectivity index (χ2v) is 29.1. The number of carbonyl (C=O) groups is 4. The molecule has 0 bridgehead atoms. The number of allylic oxidation sites excluding steroid dienone is 20. The number of esters is 4. The van der Waals surface area contributed by atoms with Crippen molar-refractivity contribution in [2.45, 2.75) is 341 Å². The predicted octanol–water partition coefficient (Wildman–Crippen LogP) is 23.1. The summed E-state index contributed by atoms with van der Waals surface area (Å²) in [5.41, 5.74) is 0. The van der Waals surface area contributed by atoms with Gasteiger partial charge >= 0.3 is 39.5 Å². The fourth-order valence-electron chi connectivity index (χ4n) is 10.4. The quantitative estimate of drug-likeness (QED) is 0.0169. The Morgan fingerprint density at radius 3 is 0.794 bits per heavy atom. The van der Waals surface area contributed by atoms with Gasteiger partial charge in [0.2, 0.25) is 0 Å². The summed E-state index contributed by atoms with van der Waals surface area (Å²) in [5, 5.41) is 10.6. The molecule has 0 aromatic carbocycles. The summed E-state index contributed by atoms with van der Waals surface area (Å²) in [6.07, 6.45) is 81.7. The number of ether oxygens (including phenoxy) is 4. The lowest BCUT2D eigenvalue weighted by Crippen LogP contribution is -2.30. The fraction of sp³-hybridized carbons (Fsp3) is 0.711. The van der Waals surface area contributed by atoms with Gasteiger partial charge in [-0.25, -0.2) is 9.13 Å². The van der Waals surface area contributed by atoms with Crippen molar-refractivity contribution < 1.29 is 80.2 Å². The molecule has 0 aliphatic heterocycles. The molecule has 586 valence electrons. The van der Waals surface area contributed by atoms with Crippen molar-refractivity contribution in [2.24, 2.45) is 0 Å². The molecular formula is C83H142O17P2. The van der Waals surface area contributed by atoms with E-state index in [2.05, 4.69) is 149 Å². The van der Waals surface area contributed by atoms with E-state index in [1.54, 1.807) is 0 Å². The van der Waals surface area contributed by atoms with Gasteiger partial charge in [-0.15, -0.1) is 0 Å². The lowest BCUT2D eigenvalue weighted by Gasteiger charge is -2.21. The first kappa shape index (κ1) is 97.5. The first-order valence-corrected chi connectivity index (χ1v) is 42.8. The van der Waals surface area contributed by atoms with E-state index < -0.39 is 97.5 Å². The third-order valence-corrected chi connectivity index (χ3v) is 18.3. The van der Waals surface area contributed by atoms with Crippen LogP contribution in [-0.2, 0) is 65.4 Å². The molecule has 0 aromatic rings. The molecule has 0 aromatic heterocycles. The van der Waals surface area contributed by atoms with Crippen LogP contribution in [0.25, 0.3) is 0 Å². The van der Waals surface area contributed by atoms with E-state index in [0.717, 1.165) is 193 Å². The van der Waals surface area contributed by atoms with E-state index in [1.165, 1.54) is 51.4 Å². The van der Waals surface area contributed by atoms with Crippen molar-refractivity contribution in [3.05, 3.63) is 122 Å². The van der Waals surface area contributed by atoms with Crippen LogP contribution in [0.1, 0.15) is 323 Å². The zero-order valence-electron chi connectivity index (χ0n) is 64.0. The highest BCUT2D eigenvalue weighted by Gasteiger charge is 2.30. The highest BCUT2D eigenvalue weighted by atomic mass is 31.2. The van der Waals surface area contributed by atoms with Crippen LogP contribution in [-0.4, -0.2) is 96.7 Å². The third-order valence-electron chi connectivity index (χ3n) is 16.4. The van der Waals surface area contributed by atoms with Gasteiger partial charge in [-0.3, -0.25) is 37.3 Å². The van der Waals surface area contributed by atoms with Crippen LogP contribution in [0.3, 0.4) is 0 Å². The van der Waals surface area contributed by atoms with E-state index in [1.807, 2.05) is 0 Å². The fourth-order valence-corrected chi connectivity index (χ4v) is 11.9. The molecule has 0 radical (unpaired) electrons. The summed E-state index contributed by atoms with van der Waals surface area (Å²) in [7, 11) is -9.97. The Hall–Kier alpha value is -4.54. The van der Waals surface area contributed by atoms with Crippen molar-refractivity contribution in [3.8, 4) is 0 Å². The van der Waals surface area contributed by atoms with Gasteiger partial charge in [0.1, 0.15) is 19.3 Å². The van der Waals surface area contributed by atoms with Gasteiger partial charge in [0, 0.05) is 25.7 Å². The van der Waals surface area contributed by atoms with E-state index in [0.29, 0.717) is 25.7 Å². The Kier molecular flexibility index (Phi) is 71.4. The summed E-state index contributed by atoms with van der Waals surface area (Å²) in [6.45, 7) is 4.57. The second kappa shape index (κ2) is 74.7. The number of hydrogen-bond donors (Lipinski definition) is 3. The maximum absolute atomic E-state index is 13.1. The van der Waals surface area contributed by atoms with Crippen LogP contribution < -0.4 is 0 Å². The van der Waals surface area contributed by atoms with E-state index >= 15 is 0 Å². The van der Waals surface area contributed by atoms with Gasteiger partial charge < -0.3 is 33.8 Å². The standard InChI is InChI=1S/C83H142O17P2/c1-5-9-13-17-21-25-29-33-35-37-38-40-41-45-48-52-56-60-64-68-81(86)94-74-79(100-83(88)70-66-62-58-54-50-46-42-39-36-34-30-26-22-18-14-10-6-2)76-98-102(91,92)96-72-77(84)71-95-101(89,90)97-75-78(99-82(87)69-65-61-57-53-49-44-32-28-24-20-16-12-8-4)73-93-80(85)67-63-59-55-51-47-43-31-27-23-19-15-11-7-3/h9-10,13-14,21-22,25-28,31-36,38,40,42,46,77-79,84H,5-8,11-12,15-20,23-24,29-30,37,39,41,43-45,47-76H2,1-4H3,(H,89,90)(H,91,92)/b13-9-,14-10-,25-21-,26-22-,31-27-,32-28-,35-33-,36-34-,40-38-,46-42-. The van der Waals surface area contributed by atoms with Crippen molar-refractivity contribution in [3.63, 3.8) is 0 Å². The minimum Gasteiger partial charge on any atom is -0.462 e. The van der Waals surface area contributed by atoms with Gasteiger partial charge in [0.05, 0.1) is 26.4 Å². The number of carbonyl (C=O) groups excluding carboxylic acids is 4. The Morgan fingerprint density at radius 2 is 0.510 bits per heavy atom. The molecule has 5 unspecified atom stereocenters. The van der Waals surface area contributed by atoms with Crippen molar-refractivity contribution in [1.82, 2.24) is 0 Å². The SMILES string of the molecule is CC/C=C\C/C=C\C/C=C\C/C=C\CCCCCCCCC(=O)OCC(COP(=O)(O)OCC(O)COP(=O)(O)OCC(COC(=O)CCCCCCC/C=C\CCCCCC)OC(=O)CCCCCCC/C=C\CCCCCC)OC(=O)CCCCCC/C=C\C/C=C\C/C=C\C/C=C\CC. The Morgan fingerprint density at radius 1 is 0.284 bits per heavy atom.